The van der Waals surface area contributed by atoms with Gasteiger partial charge in [-0.3, -0.25) is 4.90 Å². The molecule has 1 aromatic heterocycles. The van der Waals surface area contributed by atoms with Gasteiger partial charge in [-0.15, -0.1) is 0 Å². The Bertz CT molecular complexity index is 451. The summed E-state index contributed by atoms with van der Waals surface area (Å²) < 4.78 is 2.18. The lowest BCUT2D eigenvalue weighted by molar-refractivity contribution is 0.171. The lowest BCUT2D eigenvalue weighted by Crippen LogP contribution is -2.39. The Morgan fingerprint density at radius 2 is 1.95 bits per heavy atom. The highest BCUT2D eigenvalue weighted by Crippen LogP contribution is 2.22. The molecule has 0 aliphatic carbocycles. The van der Waals surface area contributed by atoms with Gasteiger partial charge in [-0.1, -0.05) is 0 Å². The van der Waals surface area contributed by atoms with Crippen molar-refractivity contribution in [3.63, 3.8) is 0 Å². The van der Waals surface area contributed by atoms with Gasteiger partial charge in [0.1, 0.15) is 5.82 Å². The SMILES string of the molecule is CN(Br)C1CCN(Cc2ccnc(N3CCCC3)c2)CC1. The first-order chi connectivity index (χ1) is 10.2. The second kappa shape index (κ2) is 7.07. The molecule has 21 heavy (non-hydrogen) atoms. The number of likely N-dealkylation sites (tertiary alicyclic amines) is 1. The van der Waals surface area contributed by atoms with Crippen LogP contribution in [-0.4, -0.2) is 53.1 Å². The smallest absolute Gasteiger partial charge is 0.128 e. The number of rotatable bonds is 4. The summed E-state index contributed by atoms with van der Waals surface area (Å²) in [5.41, 5.74) is 1.40. The van der Waals surface area contributed by atoms with Crippen LogP contribution in [-0.2, 0) is 6.54 Å². The Hall–Kier alpha value is -0.650. The molecule has 4 nitrogen and oxygen atoms in total. The van der Waals surface area contributed by atoms with E-state index in [1.54, 1.807) is 0 Å². The normalized spacial score (nSPS) is 21.4. The third-order valence-corrected chi connectivity index (χ3v) is 5.29. The van der Waals surface area contributed by atoms with Gasteiger partial charge in [-0.25, -0.2) is 8.91 Å². The maximum absolute atomic E-state index is 4.54. The zero-order valence-corrected chi connectivity index (χ0v) is 14.4. The first-order valence-electron chi connectivity index (χ1n) is 8.03. The number of piperidine rings is 1. The number of anilines is 1. The summed E-state index contributed by atoms with van der Waals surface area (Å²) in [6.07, 6.45) is 7.07. The molecule has 3 heterocycles. The quantitative estimate of drug-likeness (QED) is 0.777. The lowest BCUT2D eigenvalue weighted by Gasteiger charge is -2.34. The van der Waals surface area contributed by atoms with Gasteiger partial charge < -0.3 is 4.90 Å². The standard InChI is InChI=1S/C16H25BrN4/c1-19(17)15-5-10-20(11-6-15)13-14-4-7-18-16(12-14)21-8-2-3-9-21/h4,7,12,15H,2-3,5-6,8-11,13H2,1H3. The van der Waals surface area contributed by atoms with Crippen LogP contribution in [0, 0.1) is 0 Å². The first-order valence-corrected chi connectivity index (χ1v) is 8.74. The van der Waals surface area contributed by atoms with Crippen LogP contribution in [0.4, 0.5) is 5.82 Å². The van der Waals surface area contributed by atoms with Gasteiger partial charge in [-0.05, 0) is 50.4 Å². The lowest BCUT2D eigenvalue weighted by atomic mass is 10.0. The van der Waals surface area contributed by atoms with E-state index < -0.39 is 0 Å². The van der Waals surface area contributed by atoms with Gasteiger partial charge in [0.15, 0.2) is 0 Å². The highest BCUT2D eigenvalue weighted by molar-refractivity contribution is 9.07. The zero-order valence-electron chi connectivity index (χ0n) is 12.8. The van der Waals surface area contributed by atoms with Gasteiger partial charge in [0.25, 0.3) is 0 Å². The van der Waals surface area contributed by atoms with E-state index in [4.69, 9.17) is 0 Å². The van der Waals surface area contributed by atoms with Crippen LogP contribution >= 0.6 is 16.1 Å². The van der Waals surface area contributed by atoms with Crippen LogP contribution in [0.1, 0.15) is 31.2 Å². The molecule has 0 atom stereocenters. The fourth-order valence-electron chi connectivity index (χ4n) is 3.37. The van der Waals surface area contributed by atoms with E-state index in [2.05, 4.69) is 54.0 Å². The van der Waals surface area contributed by atoms with Crippen molar-refractivity contribution < 1.29 is 0 Å². The fraction of sp³-hybridized carbons (Fsp3) is 0.688. The molecule has 0 N–H and O–H groups in total. The van der Waals surface area contributed by atoms with Crippen molar-refractivity contribution in [3.8, 4) is 0 Å². The van der Waals surface area contributed by atoms with Crippen molar-refractivity contribution in [1.82, 2.24) is 13.8 Å². The molecule has 0 aromatic carbocycles. The number of aromatic nitrogens is 1. The van der Waals surface area contributed by atoms with Crippen molar-refractivity contribution >= 4 is 22.0 Å². The highest BCUT2D eigenvalue weighted by atomic mass is 79.9. The third-order valence-electron chi connectivity index (χ3n) is 4.71. The van der Waals surface area contributed by atoms with Crippen molar-refractivity contribution in [3.05, 3.63) is 23.9 Å². The molecular formula is C16H25BrN4. The molecule has 116 valence electrons. The van der Waals surface area contributed by atoms with E-state index in [9.17, 15) is 0 Å². The Kier molecular flexibility index (Phi) is 5.14. The summed E-state index contributed by atoms with van der Waals surface area (Å²) in [6.45, 7) is 5.75. The minimum atomic E-state index is 0.679. The van der Waals surface area contributed by atoms with Crippen molar-refractivity contribution in [1.29, 1.82) is 0 Å². The van der Waals surface area contributed by atoms with E-state index >= 15 is 0 Å². The van der Waals surface area contributed by atoms with Gasteiger partial charge in [-0.2, -0.15) is 0 Å². The maximum Gasteiger partial charge on any atom is 0.128 e. The van der Waals surface area contributed by atoms with Gasteiger partial charge in [0.2, 0.25) is 0 Å². The summed E-state index contributed by atoms with van der Waals surface area (Å²) in [5.74, 6) is 1.17. The highest BCUT2D eigenvalue weighted by Gasteiger charge is 2.21. The van der Waals surface area contributed by atoms with Crippen molar-refractivity contribution in [2.75, 3.05) is 38.1 Å². The summed E-state index contributed by atoms with van der Waals surface area (Å²) in [4.78, 5) is 9.52. The minimum absolute atomic E-state index is 0.679. The Morgan fingerprint density at radius 1 is 1.24 bits per heavy atom. The second-order valence-corrected chi connectivity index (χ2v) is 7.37. The molecule has 0 saturated carbocycles. The second-order valence-electron chi connectivity index (χ2n) is 6.25. The number of hydrogen-bond donors (Lipinski definition) is 0. The molecule has 2 saturated heterocycles. The average molecular weight is 353 g/mol. The molecule has 2 aliphatic heterocycles. The Labute approximate surface area is 136 Å². The van der Waals surface area contributed by atoms with Crippen LogP contribution in [0.3, 0.4) is 0 Å². The van der Waals surface area contributed by atoms with Crippen LogP contribution in [0.5, 0.6) is 0 Å². The van der Waals surface area contributed by atoms with Gasteiger partial charge >= 0.3 is 0 Å². The van der Waals surface area contributed by atoms with E-state index in [1.807, 2.05) is 6.20 Å². The van der Waals surface area contributed by atoms with Crippen LogP contribution in [0.25, 0.3) is 0 Å². The molecule has 0 radical (unpaired) electrons. The summed E-state index contributed by atoms with van der Waals surface area (Å²) in [5, 5.41) is 0. The molecular weight excluding hydrogens is 328 g/mol. The van der Waals surface area contributed by atoms with E-state index in [0.29, 0.717) is 6.04 Å². The predicted molar refractivity (Wildman–Crippen MR) is 90.7 cm³/mol. The molecule has 0 unspecified atom stereocenters. The molecule has 0 amide bonds. The van der Waals surface area contributed by atoms with E-state index in [0.717, 1.165) is 6.54 Å². The minimum Gasteiger partial charge on any atom is -0.357 e. The molecule has 2 fully saturated rings. The van der Waals surface area contributed by atoms with Crippen LogP contribution < -0.4 is 4.90 Å². The largest absolute Gasteiger partial charge is 0.357 e. The number of pyridine rings is 1. The van der Waals surface area contributed by atoms with E-state index in [-0.39, 0.29) is 0 Å². The van der Waals surface area contributed by atoms with Gasteiger partial charge in [0.05, 0.1) is 0 Å². The Morgan fingerprint density at radius 3 is 2.62 bits per heavy atom. The summed E-state index contributed by atoms with van der Waals surface area (Å²) >= 11 is 3.57. The summed E-state index contributed by atoms with van der Waals surface area (Å²) in [7, 11) is 2.12. The van der Waals surface area contributed by atoms with E-state index in [1.165, 1.54) is 63.2 Å². The van der Waals surface area contributed by atoms with Crippen LogP contribution in [0.2, 0.25) is 0 Å². The molecule has 3 rings (SSSR count). The Balaban J connectivity index is 1.57. The van der Waals surface area contributed by atoms with Gasteiger partial charge in [0, 0.05) is 61.1 Å². The molecule has 0 bridgehead atoms. The number of hydrogen-bond acceptors (Lipinski definition) is 4. The maximum atomic E-state index is 4.54. The van der Waals surface area contributed by atoms with Crippen molar-refractivity contribution in [2.24, 2.45) is 0 Å². The predicted octanol–water partition coefficient (Wildman–Crippen LogP) is 2.89. The van der Waals surface area contributed by atoms with Crippen molar-refractivity contribution in [2.45, 2.75) is 38.3 Å². The molecule has 2 aliphatic rings. The zero-order chi connectivity index (χ0) is 14.7. The first kappa shape index (κ1) is 15.3. The summed E-state index contributed by atoms with van der Waals surface area (Å²) in [6, 6.07) is 5.13. The molecule has 0 spiro atoms. The number of nitrogens with zero attached hydrogens (tertiary/aromatic N) is 4. The fourth-order valence-corrected chi connectivity index (χ4v) is 3.78. The van der Waals surface area contributed by atoms with Crippen LogP contribution in [0.15, 0.2) is 18.3 Å². The molecule has 5 heteroatoms. The monoisotopic (exact) mass is 352 g/mol. The molecule has 1 aromatic rings. The third kappa shape index (κ3) is 3.96. The average Bonchev–Trinajstić information content (AvgIpc) is 3.02. The number of halogens is 1. The topological polar surface area (TPSA) is 22.6 Å².